The molecule has 0 unspecified atom stereocenters. The van der Waals surface area contributed by atoms with Gasteiger partial charge in [0.05, 0.1) is 12.3 Å². The van der Waals surface area contributed by atoms with E-state index >= 15 is 0 Å². The third kappa shape index (κ3) is 2.45. The maximum Gasteiger partial charge on any atom is 0.239 e. The highest BCUT2D eigenvalue weighted by Crippen LogP contribution is 2.18. The molecule has 0 aromatic rings. The minimum absolute atomic E-state index is 0.104. The summed E-state index contributed by atoms with van der Waals surface area (Å²) < 4.78 is 0. The summed E-state index contributed by atoms with van der Waals surface area (Å²) in [5.41, 5.74) is 0. The molecule has 0 N–H and O–H groups in total. The summed E-state index contributed by atoms with van der Waals surface area (Å²) >= 11 is 1.47. The van der Waals surface area contributed by atoms with Gasteiger partial charge in [0.2, 0.25) is 5.91 Å². The molecule has 0 aliphatic carbocycles. The van der Waals surface area contributed by atoms with E-state index in [-0.39, 0.29) is 5.91 Å². The Labute approximate surface area is 82.2 Å². The fourth-order valence-electron chi connectivity index (χ4n) is 0.971. The molecule has 0 atom stereocenters. The van der Waals surface area contributed by atoms with Crippen molar-refractivity contribution >= 4 is 22.8 Å². The van der Waals surface area contributed by atoms with Gasteiger partial charge in [0, 0.05) is 6.54 Å². The molecular weight excluding hydrogens is 184 g/mol. The zero-order valence-corrected chi connectivity index (χ0v) is 8.22. The first-order valence-corrected chi connectivity index (χ1v) is 4.97. The molecule has 0 spiro atoms. The Balaban J connectivity index is 2.68. The van der Waals surface area contributed by atoms with Crippen molar-refractivity contribution in [1.29, 1.82) is 0 Å². The van der Waals surface area contributed by atoms with Gasteiger partial charge in [-0.15, -0.1) is 13.2 Å². The molecule has 70 valence electrons. The van der Waals surface area contributed by atoms with Crippen LogP contribution in [0, 0.1) is 0 Å². The molecule has 1 rings (SSSR count). The van der Waals surface area contributed by atoms with Gasteiger partial charge in [-0.3, -0.25) is 14.7 Å². The number of thioether (sulfide) groups is 1. The van der Waals surface area contributed by atoms with Gasteiger partial charge >= 0.3 is 0 Å². The second kappa shape index (κ2) is 4.87. The van der Waals surface area contributed by atoms with E-state index in [1.54, 1.807) is 17.1 Å². The van der Waals surface area contributed by atoms with Crippen LogP contribution in [-0.4, -0.2) is 34.8 Å². The number of carbonyl (C=O) groups is 1. The highest BCUT2D eigenvalue weighted by atomic mass is 32.2. The first-order valence-electron chi connectivity index (χ1n) is 3.99. The van der Waals surface area contributed by atoms with Gasteiger partial charge in [0.15, 0.2) is 5.17 Å². The molecule has 0 aromatic heterocycles. The second-order valence-electron chi connectivity index (χ2n) is 2.49. The summed E-state index contributed by atoms with van der Waals surface area (Å²) in [5, 5.41) is 0.782. The van der Waals surface area contributed by atoms with Crippen molar-refractivity contribution in [2.24, 2.45) is 4.99 Å². The normalized spacial score (nSPS) is 19.5. The Bertz CT molecular complexity index is 260. The number of aliphatic imine (C=N–C) groups is 1. The maximum absolute atomic E-state index is 11.3. The van der Waals surface area contributed by atoms with Crippen molar-refractivity contribution < 1.29 is 4.79 Å². The van der Waals surface area contributed by atoms with E-state index in [9.17, 15) is 4.79 Å². The number of amides is 1. The van der Waals surface area contributed by atoms with Crippen LogP contribution in [0.2, 0.25) is 0 Å². The number of nitrogens with zero attached hydrogens (tertiary/aromatic N) is 2. The summed E-state index contributed by atoms with van der Waals surface area (Å²) in [5.74, 6) is 0.594. The van der Waals surface area contributed by atoms with Crippen LogP contribution in [0.1, 0.15) is 0 Å². The lowest BCUT2D eigenvalue weighted by Gasteiger charge is -2.12. The monoisotopic (exact) mass is 196 g/mol. The Hall–Kier alpha value is -1.03. The SMILES string of the molecule is C=CCN=C1SCC(=O)N1CC=C. The minimum atomic E-state index is 0.104. The fraction of sp³-hybridized carbons (Fsp3) is 0.333. The van der Waals surface area contributed by atoms with Gasteiger partial charge < -0.3 is 0 Å². The van der Waals surface area contributed by atoms with Crippen LogP contribution in [0.5, 0.6) is 0 Å². The zero-order valence-electron chi connectivity index (χ0n) is 7.40. The van der Waals surface area contributed by atoms with Gasteiger partial charge in [-0.25, -0.2) is 0 Å². The number of hydrogen-bond acceptors (Lipinski definition) is 3. The third-order valence-electron chi connectivity index (χ3n) is 1.52. The van der Waals surface area contributed by atoms with Gasteiger partial charge in [-0.2, -0.15) is 0 Å². The Morgan fingerprint density at radius 1 is 1.54 bits per heavy atom. The predicted molar refractivity (Wildman–Crippen MR) is 56.9 cm³/mol. The van der Waals surface area contributed by atoms with Crippen LogP contribution in [0.4, 0.5) is 0 Å². The molecule has 4 heteroatoms. The van der Waals surface area contributed by atoms with E-state index in [1.807, 2.05) is 0 Å². The Morgan fingerprint density at radius 3 is 2.92 bits per heavy atom. The molecule has 1 heterocycles. The highest BCUT2D eigenvalue weighted by Gasteiger charge is 2.26. The minimum Gasteiger partial charge on any atom is -0.287 e. The Morgan fingerprint density at radius 2 is 2.31 bits per heavy atom. The van der Waals surface area contributed by atoms with Gasteiger partial charge in [-0.1, -0.05) is 23.9 Å². The molecule has 3 nitrogen and oxygen atoms in total. The van der Waals surface area contributed by atoms with Gasteiger partial charge in [0.1, 0.15) is 0 Å². The fourth-order valence-corrected chi connectivity index (χ4v) is 1.88. The van der Waals surface area contributed by atoms with Crippen LogP contribution >= 0.6 is 11.8 Å². The summed E-state index contributed by atoms with van der Waals surface area (Å²) in [6.07, 6.45) is 3.41. The van der Waals surface area contributed by atoms with Crippen molar-refractivity contribution in [1.82, 2.24) is 4.90 Å². The molecule has 1 aliphatic heterocycles. The average molecular weight is 196 g/mol. The van der Waals surface area contributed by atoms with Crippen molar-refractivity contribution in [3.63, 3.8) is 0 Å². The smallest absolute Gasteiger partial charge is 0.239 e. The second-order valence-corrected chi connectivity index (χ2v) is 3.44. The number of carbonyl (C=O) groups excluding carboxylic acids is 1. The summed E-state index contributed by atoms with van der Waals surface area (Å²) in [6, 6.07) is 0. The largest absolute Gasteiger partial charge is 0.287 e. The van der Waals surface area contributed by atoms with Crippen LogP contribution in [0.25, 0.3) is 0 Å². The molecule has 1 amide bonds. The van der Waals surface area contributed by atoms with E-state index in [1.165, 1.54) is 11.8 Å². The molecule has 0 bridgehead atoms. The van der Waals surface area contributed by atoms with E-state index < -0.39 is 0 Å². The van der Waals surface area contributed by atoms with Crippen molar-refractivity contribution in [2.45, 2.75) is 0 Å². The standard InChI is InChI=1S/C9H12N2OS/c1-3-5-10-9-11(6-4-2)8(12)7-13-9/h3-4H,1-2,5-7H2. The van der Waals surface area contributed by atoms with Crippen LogP contribution in [0.3, 0.4) is 0 Å². The lowest BCUT2D eigenvalue weighted by Crippen LogP contribution is -2.29. The first-order chi connectivity index (χ1) is 6.29. The molecule has 1 aliphatic rings. The molecule has 0 aromatic carbocycles. The van der Waals surface area contributed by atoms with Crippen molar-refractivity contribution in [3.05, 3.63) is 25.3 Å². The molecule has 1 fully saturated rings. The van der Waals surface area contributed by atoms with Crippen molar-refractivity contribution in [3.8, 4) is 0 Å². The zero-order chi connectivity index (χ0) is 9.68. The molecule has 13 heavy (non-hydrogen) atoms. The van der Waals surface area contributed by atoms with E-state index in [2.05, 4.69) is 18.2 Å². The molecular formula is C9H12N2OS. The van der Waals surface area contributed by atoms with E-state index in [4.69, 9.17) is 0 Å². The molecule has 0 radical (unpaired) electrons. The highest BCUT2D eigenvalue weighted by molar-refractivity contribution is 8.15. The quantitative estimate of drug-likeness (QED) is 0.635. The third-order valence-corrected chi connectivity index (χ3v) is 2.52. The van der Waals surface area contributed by atoms with Crippen LogP contribution in [-0.2, 0) is 4.79 Å². The Kier molecular flexibility index (Phi) is 3.76. The van der Waals surface area contributed by atoms with E-state index in [0.29, 0.717) is 18.8 Å². The van der Waals surface area contributed by atoms with E-state index in [0.717, 1.165) is 5.17 Å². The summed E-state index contributed by atoms with van der Waals surface area (Å²) in [6.45, 7) is 8.27. The van der Waals surface area contributed by atoms with Gasteiger partial charge in [0.25, 0.3) is 0 Å². The first kappa shape index (κ1) is 10.1. The predicted octanol–water partition coefficient (Wildman–Crippen LogP) is 1.29. The lowest BCUT2D eigenvalue weighted by atomic mass is 10.5. The van der Waals surface area contributed by atoms with Gasteiger partial charge in [-0.05, 0) is 0 Å². The molecule has 1 saturated heterocycles. The lowest BCUT2D eigenvalue weighted by molar-refractivity contribution is -0.123. The van der Waals surface area contributed by atoms with Crippen molar-refractivity contribution in [2.75, 3.05) is 18.8 Å². The maximum atomic E-state index is 11.3. The summed E-state index contributed by atoms with van der Waals surface area (Å²) in [7, 11) is 0. The molecule has 0 saturated carbocycles. The topological polar surface area (TPSA) is 32.7 Å². The number of hydrogen-bond donors (Lipinski definition) is 0. The summed E-state index contributed by atoms with van der Waals surface area (Å²) in [4.78, 5) is 17.1. The average Bonchev–Trinajstić information content (AvgIpc) is 2.46. The van der Waals surface area contributed by atoms with Crippen LogP contribution < -0.4 is 0 Å². The van der Waals surface area contributed by atoms with Crippen LogP contribution in [0.15, 0.2) is 30.3 Å². The number of amidine groups is 1. The number of rotatable bonds is 4.